The summed E-state index contributed by atoms with van der Waals surface area (Å²) in [5, 5.41) is 0. The highest BCUT2D eigenvalue weighted by Gasteiger charge is 2.12. The maximum Gasteiger partial charge on any atom is 0.194 e. The van der Waals surface area contributed by atoms with E-state index in [9.17, 15) is 4.79 Å². The molecule has 0 fully saturated rings. The first-order chi connectivity index (χ1) is 9.65. The lowest BCUT2D eigenvalue weighted by Gasteiger charge is -2.08. The second-order valence-electron chi connectivity index (χ2n) is 4.49. The van der Waals surface area contributed by atoms with E-state index in [4.69, 9.17) is 4.74 Å². The van der Waals surface area contributed by atoms with Crippen LogP contribution in [0.3, 0.4) is 0 Å². The fraction of sp³-hybridized carbons (Fsp3) is 0.235. The van der Waals surface area contributed by atoms with Gasteiger partial charge in [0.15, 0.2) is 5.78 Å². The molecule has 2 aromatic carbocycles. The summed E-state index contributed by atoms with van der Waals surface area (Å²) < 4.78 is 5.40. The fourth-order valence-electron chi connectivity index (χ4n) is 2.01. The minimum absolute atomic E-state index is 0.0132. The van der Waals surface area contributed by atoms with Crippen molar-refractivity contribution >= 4 is 18.4 Å². The van der Waals surface area contributed by atoms with E-state index in [2.05, 4.69) is 19.6 Å². The molecule has 0 saturated carbocycles. The lowest BCUT2D eigenvalue weighted by Crippen LogP contribution is -2.03. The van der Waals surface area contributed by atoms with Crippen LogP contribution >= 0.6 is 12.6 Å². The van der Waals surface area contributed by atoms with E-state index >= 15 is 0 Å². The summed E-state index contributed by atoms with van der Waals surface area (Å²) in [5.74, 6) is 0.719. The van der Waals surface area contributed by atoms with Crippen LogP contribution in [0.1, 0.15) is 35.3 Å². The molecule has 0 aliphatic heterocycles. The second kappa shape index (κ2) is 6.62. The van der Waals surface area contributed by atoms with E-state index in [0.29, 0.717) is 22.6 Å². The van der Waals surface area contributed by atoms with E-state index in [1.165, 1.54) is 5.56 Å². The number of rotatable bonds is 5. The van der Waals surface area contributed by atoms with Crippen LogP contribution in [0.2, 0.25) is 0 Å². The Morgan fingerprint density at radius 1 is 1.10 bits per heavy atom. The average molecular weight is 286 g/mol. The van der Waals surface area contributed by atoms with Crippen molar-refractivity contribution in [2.45, 2.75) is 25.2 Å². The Morgan fingerprint density at radius 2 is 1.80 bits per heavy atom. The summed E-state index contributed by atoms with van der Waals surface area (Å²) in [4.78, 5) is 13.1. The molecule has 2 rings (SSSR count). The van der Waals surface area contributed by atoms with Gasteiger partial charge in [0.1, 0.15) is 5.75 Å². The number of carbonyl (C=O) groups is 1. The Balaban J connectivity index is 2.28. The van der Waals surface area contributed by atoms with E-state index in [0.717, 1.165) is 12.2 Å². The summed E-state index contributed by atoms with van der Waals surface area (Å²) in [5.41, 5.74) is 2.50. The molecule has 0 unspecified atom stereocenters. The summed E-state index contributed by atoms with van der Waals surface area (Å²) in [6.07, 6.45) is 0.968. The number of benzene rings is 2. The Morgan fingerprint density at radius 3 is 2.35 bits per heavy atom. The van der Waals surface area contributed by atoms with Gasteiger partial charge in [-0.05, 0) is 37.1 Å². The predicted octanol–water partition coefficient (Wildman–Crippen LogP) is 4.17. The number of ketones is 1. The molecule has 0 atom stereocenters. The molecule has 0 aliphatic carbocycles. The van der Waals surface area contributed by atoms with Gasteiger partial charge in [0.05, 0.1) is 6.61 Å². The fourth-order valence-corrected chi connectivity index (χ4v) is 2.31. The monoisotopic (exact) mass is 286 g/mol. The largest absolute Gasteiger partial charge is 0.494 e. The van der Waals surface area contributed by atoms with Crippen molar-refractivity contribution in [3.63, 3.8) is 0 Å². The first-order valence-electron chi connectivity index (χ1n) is 6.75. The predicted molar refractivity (Wildman–Crippen MR) is 84.1 cm³/mol. The number of thiol groups is 1. The lowest BCUT2D eigenvalue weighted by atomic mass is 10.0. The number of hydrogen-bond donors (Lipinski definition) is 1. The number of aryl methyl sites for hydroxylation is 1. The quantitative estimate of drug-likeness (QED) is 0.659. The van der Waals surface area contributed by atoms with Crippen LogP contribution in [-0.4, -0.2) is 12.4 Å². The Hall–Kier alpha value is -1.74. The minimum atomic E-state index is -0.0132. The molecular weight excluding hydrogens is 268 g/mol. The Kier molecular flexibility index (Phi) is 4.85. The summed E-state index contributed by atoms with van der Waals surface area (Å²) >= 11 is 4.39. The normalized spacial score (nSPS) is 10.3. The van der Waals surface area contributed by atoms with Gasteiger partial charge in [0.25, 0.3) is 0 Å². The van der Waals surface area contributed by atoms with E-state index in [1.807, 2.05) is 31.2 Å². The molecule has 3 heteroatoms. The molecular formula is C17H18O2S. The highest BCUT2D eigenvalue weighted by molar-refractivity contribution is 7.80. The Bertz CT molecular complexity index is 603. The van der Waals surface area contributed by atoms with Gasteiger partial charge in [0, 0.05) is 16.0 Å². The molecule has 104 valence electrons. The number of carbonyl (C=O) groups excluding carboxylic acids is 1. The SMILES string of the molecule is CCOc1ccc(C(=O)c2ccc(CC)cc2)c(S)c1. The lowest BCUT2D eigenvalue weighted by molar-refractivity contribution is 0.103. The molecule has 0 aliphatic rings. The molecule has 0 heterocycles. The second-order valence-corrected chi connectivity index (χ2v) is 4.97. The average Bonchev–Trinajstić information content (AvgIpc) is 2.47. The molecule has 0 bridgehead atoms. The van der Waals surface area contributed by atoms with Crippen molar-refractivity contribution in [1.29, 1.82) is 0 Å². The Labute approximate surface area is 125 Å². The molecule has 0 amide bonds. The van der Waals surface area contributed by atoms with E-state index in [-0.39, 0.29) is 5.78 Å². The van der Waals surface area contributed by atoms with Crippen LogP contribution in [0.25, 0.3) is 0 Å². The van der Waals surface area contributed by atoms with Crippen LogP contribution in [0.15, 0.2) is 47.4 Å². The van der Waals surface area contributed by atoms with Crippen molar-refractivity contribution in [3.8, 4) is 5.75 Å². The van der Waals surface area contributed by atoms with Crippen molar-refractivity contribution in [2.75, 3.05) is 6.61 Å². The van der Waals surface area contributed by atoms with Crippen LogP contribution < -0.4 is 4.74 Å². The third kappa shape index (κ3) is 3.23. The van der Waals surface area contributed by atoms with Crippen molar-refractivity contribution in [1.82, 2.24) is 0 Å². The standard InChI is InChI=1S/C17H18O2S/c1-3-12-5-7-13(8-6-12)17(18)15-10-9-14(19-4-2)11-16(15)20/h5-11,20H,3-4H2,1-2H3. The van der Waals surface area contributed by atoms with Crippen molar-refractivity contribution in [3.05, 3.63) is 59.2 Å². The third-order valence-electron chi connectivity index (χ3n) is 3.15. The maximum atomic E-state index is 12.4. The maximum absolute atomic E-state index is 12.4. The van der Waals surface area contributed by atoms with Gasteiger partial charge in [-0.2, -0.15) is 0 Å². The van der Waals surface area contributed by atoms with Crippen LogP contribution in [-0.2, 0) is 6.42 Å². The van der Waals surface area contributed by atoms with Crippen LogP contribution in [0, 0.1) is 0 Å². The topological polar surface area (TPSA) is 26.3 Å². The molecule has 0 N–H and O–H groups in total. The molecule has 0 radical (unpaired) electrons. The van der Waals surface area contributed by atoms with Gasteiger partial charge >= 0.3 is 0 Å². The van der Waals surface area contributed by atoms with Crippen molar-refractivity contribution < 1.29 is 9.53 Å². The molecule has 0 saturated heterocycles. The minimum Gasteiger partial charge on any atom is -0.494 e. The zero-order valence-electron chi connectivity index (χ0n) is 11.7. The smallest absolute Gasteiger partial charge is 0.194 e. The zero-order valence-corrected chi connectivity index (χ0v) is 12.6. The molecule has 2 aromatic rings. The number of hydrogen-bond acceptors (Lipinski definition) is 3. The first kappa shape index (κ1) is 14.7. The zero-order chi connectivity index (χ0) is 14.5. The van der Waals surface area contributed by atoms with Gasteiger partial charge in [0.2, 0.25) is 0 Å². The van der Waals surface area contributed by atoms with Gasteiger partial charge in [-0.3, -0.25) is 4.79 Å². The van der Waals surface area contributed by atoms with E-state index in [1.54, 1.807) is 18.2 Å². The molecule has 20 heavy (non-hydrogen) atoms. The molecule has 0 aromatic heterocycles. The molecule has 0 spiro atoms. The number of ether oxygens (including phenoxy) is 1. The molecule has 2 nitrogen and oxygen atoms in total. The first-order valence-corrected chi connectivity index (χ1v) is 7.19. The van der Waals surface area contributed by atoms with E-state index < -0.39 is 0 Å². The summed E-state index contributed by atoms with van der Waals surface area (Å²) in [6.45, 7) is 4.61. The van der Waals surface area contributed by atoms with Gasteiger partial charge in [-0.25, -0.2) is 0 Å². The van der Waals surface area contributed by atoms with Crippen molar-refractivity contribution in [2.24, 2.45) is 0 Å². The van der Waals surface area contributed by atoms with Gasteiger partial charge in [-0.1, -0.05) is 31.2 Å². The highest BCUT2D eigenvalue weighted by atomic mass is 32.1. The van der Waals surface area contributed by atoms with Gasteiger partial charge in [-0.15, -0.1) is 12.6 Å². The summed E-state index contributed by atoms with van der Waals surface area (Å²) in [6, 6.07) is 13.1. The van der Waals surface area contributed by atoms with Crippen LogP contribution in [0.5, 0.6) is 5.75 Å². The highest BCUT2D eigenvalue weighted by Crippen LogP contribution is 2.23. The van der Waals surface area contributed by atoms with Crippen LogP contribution in [0.4, 0.5) is 0 Å². The third-order valence-corrected chi connectivity index (χ3v) is 3.52. The van der Waals surface area contributed by atoms with Gasteiger partial charge < -0.3 is 4.74 Å². The summed E-state index contributed by atoms with van der Waals surface area (Å²) in [7, 11) is 0.